The first-order chi connectivity index (χ1) is 7.99. The minimum absolute atomic E-state index is 0.231. The van der Waals surface area contributed by atoms with Gasteiger partial charge >= 0.3 is 0 Å². The molecule has 94 valence electrons. The van der Waals surface area contributed by atoms with Crippen LogP contribution in [0.1, 0.15) is 50.8 Å². The highest BCUT2D eigenvalue weighted by Gasteiger charge is 2.14. The maximum Gasteiger partial charge on any atom is 0.0320 e. The van der Waals surface area contributed by atoms with E-state index in [1.54, 1.807) is 0 Å². The van der Waals surface area contributed by atoms with Crippen molar-refractivity contribution in [2.45, 2.75) is 45.1 Å². The maximum absolute atomic E-state index is 3.78. The molecule has 1 rings (SSSR count). The molecule has 1 nitrogen and oxygen atoms in total. The number of benzene rings is 1. The fraction of sp³-hybridized carbons (Fsp3) is 0.500. The third-order valence-corrected chi connectivity index (χ3v) is 3.19. The molecule has 1 aromatic rings. The lowest BCUT2D eigenvalue weighted by Gasteiger charge is -2.21. The molecular weight excluding hydrogens is 206 g/mol. The summed E-state index contributed by atoms with van der Waals surface area (Å²) in [4.78, 5) is 0. The first-order valence-corrected chi connectivity index (χ1v) is 6.37. The third-order valence-electron chi connectivity index (χ3n) is 3.19. The van der Waals surface area contributed by atoms with Crippen LogP contribution in [-0.4, -0.2) is 7.05 Å². The molecule has 0 fully saturated rings. The maximum atomic E-state index is 3.78. The highest BCUT2D eigenvalue weighted by Crippen LogP contribution is 2.25. The summed E-state index contributed by atoms with van der Waals surface area (Å²) in [7, 11) is 2.02. The van der Waals surface area contributed by atoms with E-state index in [9.17, 15) is 0 Å². The summed E-state index contributed by atoms with van der Waals surface area (Å²) in [5, 5.41) is 3.36. The van der Waals surface area contributed by atoms with Gasteiger partial charge in [-0.1, -0.05) is 51.1 Å². The predicted octanol–water partition coefficient (Wildman–Crippen LogP) is 4.21. The summed E-state index contributed by atoms with van der Waals surface area (Å²) in [6, 6.07) is 9.40. The monoisotopic (exact) mass is 231 g/mol. The molecule has 0 bridgehead atoms. The topological polar surface area (TPSA) is 12.0 Å². The summed E-state index contributed by atoms with van der Waals surface area (Å²) in [6.07, 6.45) is 4.13. The smallest absolute Gasteiger partial charge is 0.0320 e. The van der Waals surface area contributed by atoms with Crippen molar-refractivity contribution in [3.63, 3.8) is 0 Å². The van der Waals surface area contributed by atoms with Crippen LogP contribution in [0.3, 0.4) is 0 Å². The lowest BCUT2D eigenvalue weighted by atomic mass is 9.86. The van der Waals surface area contributed by atoms with Crippen LogP contribution in [0.2, 0.25) is 0 Å². The van der Waals surface area contributed by atoms with Crippen LogP contribution in [0, 0.1) is 0 Å². The summed E-state index contributed by atoms with van der Waals surface area (Å²) < 4.78 is 0. The van der Waals surface area contributed by atoms with E-state index < -0.39 is 0 Å². The van der Waals surface area contributed by atoms with Crippen molar-refractivity contribution in [3.8, 4) is 0 Å². The van der Waals surface area contributed by atoms with Crippen molar-refractivity contribution >= 4 is 0 Å². The van der Waals surface area contributed by atoms with Gasteiger partial charge in [-0.2, -0.15) is 0 Å². The quantitative estimate of drug-likeness (QED) is 0.748. The minimum Gasteiger partial charge on any atom is -0.313 e. The molecule has 0 spiro atoms. The van der Waals surface area contributed by atoms with Crippen LogP contribution in [-0.2, 0) is 5.41 Å². The van der Waals surface area contributed by atoms with Crippen molar-refractivity contribution in [2.24, 2.45) is 0 Å². The molecule has 0 aliphatic rings. The van der Waals surface area contributed by atoms with Gasteiger partial charge in [-0.25, -0.2) is 0 Å². The summed E-state index contributed by atoms with van der Waals surface area (Å²) in [5.41, 5.74) is 2.98. The fourth-order valence-electron chi connectivity index (χ4n) is 1.98. The number of nitrogens with one attached hydrogen (secondary N) is 1. The second-order valence-corrected chi connectivity index (χ2v) is 5.58. The second-order valence-electron chi connectivity index (χ2n) is 5.58. The van der Waals surface area contributed by atoms with E-state index >= 15 is 0 Å². The van der Waals surface area contributed by atoms with Crippen molar-refractivity contribution in [1.29, 1.82) is 0 Å². The third kappa shape index (κ3) is 4.01. The summed E-state index contributed by atoms with van der Waals surface area (Å²) in [6.45, 7) is 10.5. The zero-order valence-electron chi connectivity index (χ0n) is 11.6. The van der Waals surface area contributed by atoms with E-state index in [-0.39, 0.29) is 5.41 Å². The van der Waals surface area contributed by atoms with Gasteiger partial charge < -0.3 is 5.32 Å². The van der Waals surface area contributed by atoms with E-state index in [1.165, 1.54) is 11.1 Å². The fourth-order valence-corrected chi connectivity index (χ4v) is 1.98. The van der Waals surface area contributed by atoms with Crippen molar-refractivity contribution in [3.05, 3.63) is 48.0 Å². The summed E-state index contributed by atoms with van der Waals surface area (Å²) in [5.74, 6) is 0. The Balaban J connectivity index is 2.81. The van der Waals surface area contributed by atoms with Gasteiger partial charge in [0.1, 0.15) is 0 Å². The highest BCUT2D eigenvalue weighted by atomic mass is 14.9. The van der Waals surface area contributed by atoms with E-state index in [0.717, 1.165) is 12.8 Å². The van der Waals surface area contributed by atoms with Crippen LogP contribution in [0.15, 0.2) is 36.9 Å². The van der Waals surface area contributed by atoms with Gasteiger partial charge in [0.15, 0.2) is 0 Å². The molecule has 0 saturated carbocycles. The lowest BCUT2D eigenvalue weighted by molar-refractivity contribution is 0.552. The molecular formula is C16H25N. The minimum atomic E-state index is 0.231. The predicted molar refractivity (Wildman–Crippen MR) is 76.4 cm³/mol. The molecule has 0 aliphatic heterocycles. The van der Waals surface area contributed by atoms with Gasteiger partial charge in [-0.15, -0.1) is 6.58 Å². The molecule has 1 N–H and O–H groups in total. The lowest BCUT2D eigenvalue weighted by Crippen LogP contribution is -2.17. The summed E-state index contributed by atoms with van der Waals surface area (Å²) >= 11 is 0. The Hall–Kier alpha value is -1.08. The molecule has 17 heavy (non-hydrogen) atoms. The van der Waals surface area contributed by atoms with Crippen molar-refractivity contribution in [2.75, 3.05) is 7.05 Å². The van der Waals surface area contributed by atoms with Gasteiger partial charge in [0.05, 0.1) is 0 Å². The average molecular weight is 231 g/mol. The van der Waals surface area contributed by atoms with Crippen molar-refractivity contribution in [1.82, 2.24) is 5.32 Å². The number of allylic oxidation sites excluding steroid dienone is 1. The van der Waals surface area contributed by atoms with Crippen LogP contribution >= 0.6 is 0 Å². The molecule has 0 amide bonds. The molecule has 1 heteroatoms. The van der Waals surface area contributed by atoms with Crippen LogP contribution in [0.5, 0.6) is 0 Å². The Morgan fingerprint density at radius 2 is 1.82 bits per heavy atom. The average Bonchev–Trinajstić information content (AvgIpc) is 2.29. The van der Waals surface area contributed by atoms with E-state index in [4.69, 9.17) is 0 Å². The van der Waals surface area contributed by atoms with E-state index in [1.807, 2.05) is 13.1 Å². The van der Waals surface area contributed by atoms with Crippen molar-refractivity contribution < 1.29 is 0 Å². The number of hydrogen-bond acceptors (Lipinski definition) is 1. The molecule has 0 saturated heterocycles. The Kier molecular flexibility index (Phi) is 4.95. The largest absolute Gasteiger partial charge is 0.313 e. The zero-order chi connectivity index (χ0) is 12.9. The zero-order valence-corrected chi connectivity index (χ0v) is 11.6. The Morgan fingerprint density at radius 1 is 1.24 bits per heavy atom. The Bertz CT molecular complexity index is 343. The molecule has 0 heterocycles. The van der Waals surface area contributed by atoms with Gasteiger partial charge in [0.25, 0.3) is 0 Å². The first-order valence-electron chi connectivity index (χ1n) is 6.37. The molecule has 1 aromatic carbocycles. The molecule has 0 radical (unpaired) electrons. The first kappa shape index (κ1) is 14.0. The van der Waals surface area contributed by atoms with Gasteiger partial charge in [-0.05, 0) is 36.4 Å². The molecule has 1 atom stereocenters. The highest BCUT2D eigenvalue weighted by molar-refractivity contribution is 5.29. The van der Waals surface area contributed by atoms with Crippen LogP contribution < -0.4 is 5.32 Å². The molecule has 1 unspecified atom stereocenters. The molecule has 0 aromatic heterocycles. The van der Waals surface area contributed by atoms with Gasteiger partial charge in [0, 0.05) is 6.04 Å². The van der Waals surface area contributed by atoms with Crippen LogP contribution in [0.25, 0.3) is 0 Å². The Morgan fingerprint density at radius 3 is 2.24 bits per heavy atom. The van der Waals surface area contributed by atoms with Crippen LogP contribution in [0.4, 0.5) is 0 Å². The van der Waals surface area contributed by atoms with Gasteiger partial charge in [-0.3, -0.25) is 0 Å². The van der Waals surface area contributed by atoms with Gasteiger partial charge in [0.2, 0.25) is 0 Å². The van der Waals surface area contributed by atoms with E-state index in [0.29, 0.717) is 6.04 Å². The number of rotatable bonds is 5. The van der Waals surface area contributed by atoms with E-state index in [2.05, 4.69) is 56.9 Å². The normalized spacial score (nSPS) is 13.4. The number of hydrogen-bond donors (Lipinski definition) is 1. The standard InChI is InChI=1S/C16H25N/c1-6-7-8-15(17-5)13-9-11-14(12-10-13)16(2,3)4/h6,9-12,15,17H,1,7-8H2,2-5H3. The SMILES string of the molecule is C=CCCC(NC)c1ccc(C(C)(C)C)cc1. The molecule has 0 aliphatic carbocycles. The Labute approximate surface area is 106 Å². The second kappa shape index (κ2) is 6.02.